The smallest absolute Gasteiger partial charge is 0.0669 e. The SMILES string of the molecule is N#CCc1ccc(C#CCCCl)cc1. The molecule has 0 amide bonds. The van der Waals surface area contributed by atoms with Gasteiger partial charge in [-0.2, -0.15) is 5.26 Å². The quantitative estimate of drug-likeness (QED) is 0.536. The van der Waals surface area contributed by atoms with Crippen LogP contribution in [0.5, 0.6) is 0 Å². The van der Waals surface area contributed by atoms with Gasteiger partial charge in [0.1, 0.15) is 0 Å². The Morgan fingerprint density at radius 2 is 1.93 bits per heavy atom. The average molecular weight is 204 g/mol. The van der Waals surface area contributed by atoms with E-state index in [0.29, 0.717) is 18.7 Å². The third kappa shape index (κ3) is 3.52. The van der Waals surface area contributed by atoms with E-state index in [9.17, 15) is 0 Å². The highest BCUT2D eigenvalue weighted by Crippen LogP contribution is 2.03. The van der Waals surface area contributed by atoms with Crippen LogP contribution in [0, 0.1) is 23.2 Å². The molecule has 0 atom stereocenters. The largest absolute Gasteiger partial charge is 0.198 e. The Balaban J connectivity index is 2.66. The summed E-state index contributed by atoms with van der Waals surface area (Å²) < 4.78 is 0. The first-order valence-corrected chi connectivity index (χ1v) is 4.91. The van der Waals surface area contributed by atoms with Gasteiger partial charge < -0.3 is 0 Å². The number of alkyl halides is 1. The maximum Gasteiger partial charge on any atom is 0.0669 e. The standard InChI is InChI=1S/C12H10ClN/c13-9-2-1-3-11-4-6-12(7-5-11)8-10-14/h4-7H,2,8-9H2. The van der Waals surface area contributed by atoms with Gasteiger partial charge in [0, 0.05) is 17.9 Å². The van der Waals surface area contributed by atoms with Gasteiger partial charge in [-0.15, -0.1) is 11.6 Å². The van der Waals surface area contributed by atoms with E-state index in [4.69, 9.17) is 16.9 Å². The van der Waals surface area contributed by atoms with E-state index in [2.05, 4.69) is 17.9 Å². The summed E-state index contributed by atoms with van der Waals surface area (Å²) in [7, 11) is 0. The van der Waals surface area contributed by atoms with E-state index in [-0.39, 0.29) is 0 Å². The lowest BCUT2D eigenvalue weighted by molar-refractivity contribution is 1.26. The number of nitrogens with zero attached hydrogens (tertiary/aromatic N) is 1. The van der Waals surface area contributed by atoms with E-state index >= 15 is 0 Å². The minimum absolute atomic E-state index is 0.454. The molecule has 0 aromatic heterocycles. The number of hydrogen-bond acceptors (Lipinski definition) is 1. The second-order valence-electron chi connectivity index (χ2n) is 2.77. The van der Waals surface area contributed by atoms with Crippen molar-refractivity contribution in [3.05, 3.63) is 35.4 Å². The van der Waals surface area contributed by atoms with Gasteiger partial charge in [0.05, 0.1) is 12.5 Å². The fraction of sp³-hybridized carbons (Fsp3) is 0.250. The Kier molecular flexibility index (Phi) is 4.62. The van der Waals surface area contributed by atoms with Crippen LogP contribution in [-0.2, 0) is 6.42 Å². The second kappa shape index (κ2) is 6.08. The van der Waals surface area contributed by atoms with Crippen molar-refractivity contribution in [2.24, 2.45) is 0 Å². The fourth-order valence-corrected chi connectivity index (χ4v) is 1.10. The fourth-order valence-electron chi connectivity index (χ4n) is 1.01. The minimum atomic E-state index is 0.454. The lowest BCUT2D eigenvalue weighted by atomic mass is 10.1. The predicted molar refractivity (Wildman–Crippen MR) is 58.0 cm³/mol. The number of nitriles is 1. The summed E-state index contributed by atoms with van der Waals surface area (Å²) in [6.07, 6.45) is 1.16. The first-order chi connectivity index (χ1) is 6.86. The van der Waals surface area contributed by atoms with E-state index in [1.807, 2.05) is 24.3 Å². The van der Waals surface area contributed by atoms with Crippen LogP contribution in [0.4, 0.5) is 0 Å². The molecule has 0 bridgehead atoms. The average Bonchev–Trinajstić information content (AvgIpc) is 2.21. The molecule has 0 radical (unpaired) electrons. The van der Waals surface area contributed by atoms with Gasteiger partial charge in [-0.3, -0.25) is 0 Å². The summed E-state index contributed by atoms with van der Waals surface area (Å²) in [5.41, 5.74) is 1.99. The number of benzene rings is 1. The third-order valence-electron chi connectivity index (χ3n) is 1.69. The molecule has 0 unspecified atom stereocenters. The summed E-state index contributed by atoms with van der Waals surface area (Å²) in [6, 6.07) is 9.80. The second-order valence-corrected chi connectivity index (χ2v) is 3.15. The molecule has 0 saturated carbocycles. The first-order valence-electron chi connectivity index (χ1n) is 4.37. The van der Waals surface area contributed by atoms with Crippen molar-refractivity contribution in [2.75, 3.05) is 5.88 Å². The van der Waals surface area contributed by atoms with Crippen LogP contribution in [0.25, 0.3) is 0 Å². The Labute approximate surface area is 89.3 Å². The first kappa shape index (κ1) is 10.6. The van der Waals surface area contributed by atoms with Gasteiger partial charge in [0.2, 0.25) is 0 Å². The monoisotopic (exact) mass is 203 g/mol. The summed E-state index contributed by atoms with van der Waals surface area (Å²) in [4.78, 5) is 0. The van der Waals surface area contributed by atoms with Crippen molar-refractivity contribution in [3.8, 4) is 17.9 Å². The zero-order valence-electron chi connectivity index (χ0n) is 7.76. The normalized spacial score (nSPS) is 8.57. The van der Waals surface area contributed by atoms with E-state index in [1.54, 1.807) is 0 Å². The summed E-state index contributed by atoms with van der Waals surface area (Å²) in [5.74, 6) is 6.52. The molecule has 1 aromatic carbocycles. The van der Waals surface area contributed by atoms with Gasteiger partial charge in [-0.1, -0.05) is 24.0 Å². The molecule has 0 fully saturated rings. The Bertz CT molecular complexity index is 376. The number of rotatable bonds is 2. The van der Waals surface area contributed by atoms with E-state index in [0.717, 1.165) is 11.1 Å². The molecule has 70 valence electrons. The van der Waals surface area contributed by atoms with Crippen molar-refractivity contribution in [2.45, 2.75) is 12.8 Å². The Morgan fingerprint density at radius 3 is 2.50 bits per heavy atom. The van der Waals surface area contributed by atoms with Gasteiger partial charge in [0.15, 0.2) is 0 Å². The van der Waals surface area contributed by atoms with Crippen molar-refractivity contribution >= 4 is 11.6 Å². The summed E-state index contributed by atoms with van der Waals surface area (Å²) in [5, 5.41) is 8.47. The Morgan fingerprint density at radius 1 is 1.21 bits per heavy atom. The summed E-state index contributed by atoms with van der Waals surface area (Å²) >= 11 is 5.50. The molecule has 0 spiro atoms. The zero-order chi connectivity index (χ0) is 10.2. The van der Waals surface area contributed by atoms with Gasteiger partial charge in [0.25, 0.3) is 0 Å². The highest BCUT2D eigenvalue weighted by molar-refractivity contribution is 6.18. The maximum absolute atomic E-state index is 8.47. The van der Waals surface area contributed by atoms with Crippen molar-refractivity contribution in [1.29, 1.82) is 5.26 Å². The predicted octanol–water partition coefficient (Wildman–Crippen LogP) is 2.73. The number of halogens is 1. The topological polar surface area (TPSA) is 23.8 Å². The van der Waals surface area contributed by atoms with Crippen LogP contribution >= 0.6 is 11.6 Å². The van der Waals surface area contributed by atoms with Gasteiger partial charge in [-0.25, -0.2) is 0 Å². The van der Waals surface area contributed by atoms with Crippen LogP contribution in [0.1, 0.15) is 17.5 Å². The van der Waals surface area contributed by atoms with Gasteiger partial charge in [-0.05, 0) is 17.7 Å². The van der Waals surface area contributed by atoms with Crippen LogP contribution < -0.4 is 0 Å². The van der Waals surface area contributed by atoms with Crippen molar-refractivity contribution in [3.63, 3.8) is 0 Å². The van der Waals surface area contributed by atoms with Crippen LogP contribution in [0.15, 0.2) is 24.3 Å². The highest BCUT2D eigenvalue weighted by atomic mass is 35.5. The molecule has 0 saturated heterocycles. The van der Waals surface area contributed by atoms with E-state index in [1.165, 1.54) is 0 Å². The number of hydrogen-bond donors (Lipinski definition) is 0. The molecular formula is C12H10ClN. The van der Waals surface area contributed by atoms with Crippen LogP contribution in [0.2, 0.25) is 0 Å². The molecule has 1 aromatic rings. The molecule has 0 aliphatic heterocycles. The molecule has 0 heterocycles. The minimum Gasteiger partial charge on any atom is -0.198 e. The Hall–Kier alpha value is -1.44. The zero-order valence-corrected chi connectivity index (χ0v) is 8.51. The summed E-state index contributed by atoms with van der Waals surface area (Å²) in [6.45, 7) is 0. The van der Waals surface area contributed by atoms with E-state index < -0.39 is 0 Å². The molecular weight excluding hydrogens is 194 g/mol. The van der Waals surface area contributed by atoms with Crippen LogP contribution in [-0.4, -0.2) is 5.88 Å². The molecule has 0 aliphatic carbocycles. The lowest BCUT2D eigenvalue weighted by Crippen LogP contribution is -1.81. The molecule has 1 nitrogen and oxygen atoms in total. The molecule has 2 heteroatoms. The van der Waals surface area contributed by atoms with Gasteiger partial charge >= 0.3 is 0 Å². The van der Waals surface area contributed by atoms with Crippen molar-refractivity contribution < 1.29 is 0 Å². The lowest BCUT2D eigenvalue weighted by Gasteiger charge is -1.93. The highest BCUT2D eigenvalue weighted by Gasteiger charge is 1.90. The molecule has 14 heavy (non-hydrogen) atoms. The van der Waals surface area contributed by atoms with Crippen molar-refractivity contribution in [1.82, 2.24) is 0 Å². The maximum atomic E-state index is 8.47. The molecule has 1 rings (SSSR count). The third-order valence-corrected chi connectivity index (χ3v) is 1.88. The molecule has 0 N–H and O–H groups in total. The molecule has 0 aliphatic rings. The van der Waals surface area contributed by atoms with Crippen LogP contribution in [0.3, 0.4) is 0 Å².